The SMILES string of the molecule is NNC(CC1CCOC1)c1cc2cccc(F)c2o1. The summed E-state index contributed by atoms with van der Waals surface area (Å²) in [5.74, 6) is 6.40. The summed E-state index contributed by atoms with van der Waals surface area (Å²) in [4.78, 5) is 0. The fraction of sp³-hybridized carbons (Fsp3) is 0.429. The van der Waals surface area contributed by atoms with Crippen LogP contribution in [0.25, 0.3) is 11.0 Å². The zero-order valence-corrected chi connectivity index (χ0v) is 10.6. The highest BCUT2D eigenvalue weighted by Gasteiger charge is 2.23. The van der Waals surface area contributed by atoms with Crippen LogP contribution in [0.3, 0.4) is 0 Å². The first kappa shape index (κ1) is 12.6. The van der Waals surface area contributed by atoms with Crippen LogP contribution < -0.4 is 11.3 Å². The Balaban J connectivity index is 1.86. The van der Waals surface area contributed by atoms with E-state index >= 15 is 0 Å². The molecule has 1 saturated heterocycles. The summed E-state index contributed by atoms with van der Waals surface area (Å²) in [5.41, 5.74) is 3.05. The molecule has 19 heavy (non-hydrogen) atoms. The molecule has 1 aromatic carbocycles. The maximum Gasteiger partial charge on any atom is 0.169 e. The summed E-state index contributed by atoms with van der Waals surface area (Å²) in [6.45, 7) is 1.56. The molecule has 0 radical (unpaired) electrons. The summed E-state index contributed by atoms with van der Waals surface area (Å²) in [5, 5.41) is 0.762. The van der Waals surface area contributed by atoms with Crippen molar-refractivity contribution in [3.63, 3.8) is 0 Å². The van der Waals surface area contributed by atoms with Crippen LogP contribution in [-0.4, -0.2) is 13.2 Å². The molecular formula is C14H17FN2O2. The van der Waals surface area contributed by atoms with E-state index in [0.29, 0.717) is 17.3 Å². The first-order chi connectivity index (χ1) is 9.28. The molecule has 5 heteroatoms. The summed E-state index contributed by atoms with van der Waals surface area (Å²) >= 11 is 0. The van der Waals surface area contributed by atoms with Gasteiger partial charge in [0.05, 0.1) is 6.04 Å². The number of furan rings is 1. The van der Waals surface area contributed by atoms with Crippen molar-refractivity contribution in [3.8, 4) is 0 Å². The predicted molar refractivity (Wildman–Crippen MR) is 69.8 cm³/mol. The lowest BCUT2D eigenvalue weighted by molar-refractivity contribution is 0.180. The molecule has 0 bridgehead atoms. The van der Waals surface area contributed by atoms with Crippen LogP contribution in [-0.2, 0) is 4.74 Å². The van der Waals surface area contributed by atoms with Crippen LogP contribution in [0, 0.1) is 11.7 Å². The Hall–Kier alpha value is -1.43. The zero-order valence-electron chi connectivity index (χ0n) is 10.6. The van der Waals surface area contributed by atoms with E-state index in [-0.39, 0.29) is 11.9 Å². The Morgan fingerprint density at radius 2 is 2.37 bits per heavy atom. The minimum Gasteiger partial charge on any atom is -0.456 e. The van der Waals surface area contributed by atoms with Crippen molar-refractivity contribution in [1.29, 1.82) is 0 Å². The number of hydrazine groups is 1. The monoisotopic (exact) mass is 264 g/mol. The molecule has 1 aliphatic rings. The van der Waals surface area contributed by atoms with Gasteiger partial charge in [-0.2, -0.15) is 0 Å². The Morgan fingerprint density at radius 3 is 3.05 bits per heavy atom. The van der Waals surface area contributed by atoms with Crippen molar-refractivity contribution in [2.24, 2.45) is 11.8 Å². The third-order valence-electron chi connectivity index (χ3n) is 3.65. The van der Waals surface area contributed by atoms with Gasteiger partial charge in [-0.1, -0.05) is 12.1 Å². The van der Waals surface area contributed by atoms with E-state index in [4.69, 9.17) is 15.0 Å². The number of fused-ring (bicyclic) bond motifs is 1. The van der Waals surface area contributed by atoms with Gasteiger partial charge in [0.25, 0.3) is 0 Å². The van der Waals surface area contributed by atoms with Crippen LogP contribution in [0.2, 0.25) is 0 Å². The van der Waals surface area contributed by atoms with Crippen LogP contribution in [0.4, 0.5) is 4.39 Å². The number of halogens is 1. The number of nitrogens with one attached hydrogen (secondary N) is 1. The summed E-state index contributed by atoms with van der Waals surface area (Å²) in [6.07, 6.45) is 1.87. The molecule has 2 heterocycles. The van der Waals surface area contributed by atoms with Crippen molar-refractivity contribution in [2.75, 3.05) is 13.2 Å². The van der Waals surface area contributed by atoms with Gasteiger partial charge < -0.3 is 9.15 Å². The molecular weight excluding hydrogens is 247 g/mol. The third kappa shape index (κ3) is 2.49. The number of rotatable bonds is 4. The Bertz CT molecular complexity index is 564. The van der Waals surface area contributed by atoms with E-state index in [1.54, 1.807) is 6.07 Å². The lowest BCUT2D eigenvalue weighted by Gasteiger charge is -2.16. The van der Waals surface area contributed by atoms with Gasteiger partial charge in [0, 0.05) is 18.6 Å². The Kier molecular flexibility index (Phi) is 3.50. The largest absolute Gasteiger partial charge is 0.456 e. The van der Waals surface area contributed by atoms with Crippen LogP contribution in [0.1, 0.15) is 24.6 Å². The van der Waals surface area contributed by atoms with Crippen molar-refractivity contribution in [3.05, 3.63) is 35.8 Å². The van der Waals surface area contributed by atoms with Gasteiger partial charge in [0.2, 0.25) is 0 Å². The molecule has 0 aliphatic carbocycles. The van der Waals surface area contributed by atoms with E-state index in [1.165, 1.54) is 6.07 Å². The molecule has 1 fully saturated rings. The smallest absolute Gasteiger partial charge is 0.169 e. The first-order valence-electron chi connectivity index (χ1n) is 6.49. The summed E-state index contributed by atoms with van der Waals surface area (Å²) < 4.78 is 24.6. The van der Waals surface area contributed by atoms with Gasteiger partial charge in [-0.3, -0.25) is 5.84 Å². The van der Waals surface area contributed by atoms with E-state index < -0.39 is 0 Å². The molecule has 0 amide bonds. The highest BCUT2D eigenvalue weighted by molar-refractivity contribution is 5.78. The van der Waals surface area contributed by atoms with E-state index in [2.05, 4.69) is 5.43 Å². The van der Waals surface area contributed by atoms with Crippen molar-refractivity contribution >= 4 is 11.0 Å². The molecule has 4 nitrogen and oxygen atoms in total. The van der Waals surface area contributed by atoms with Gasteiger partial charge in [0.15, 0.2) is 11.4 Å². The van der Waals surface area contributed by atoms with Crippen LogP contribution in [0.15, 0.2) is 28.7 Å². The van der Waals surface area contributed by atoms with Gasteiger partial charge in [0.1, 0.15) is 5.76 Å². The molecule has 0 saturated carbocycles. The topological polar surface area (TPSA) is 60.4 Å². The average molecular weight is 264 g/mol. The van der Waals surface area contributed by atoms with E-state index in [9.17, 15) is 4.39 Å². The minimum atomic E-state index is -0.344. The number of benzene rings is 1. The van der Waals surface area contributed by atoms with E-state index in [0.717, 1.165) is 31.4 Å². The molecule has 102 valence electrons. The molecule has 2 atom stereocenters. The number of ether oxygens (including phenoxy) is 1. The van der Waals surface area contributed by atoms with Crippen LogP contribution >= 0.6 is 0 Å². The standard InChI is InChI=1S/C14H17FN2O2/c15-11-3-1-2-10-7-13(19-14(10)11)12(17-16)6-9-4-5-18-8-9/h1-3,7,9,12,17H,4-6,8,16H2. The quantitative estimate of drug-likeness (QED) is 0.658. The molecule has 1 aromatic heterocycles. The zero-order chi connectivity index (χ0) is 13.2. The number of nitrogens with two attached hydrogens (primary N) is 1. The third-order valence-corrected chi connectivity index (χ3v) is 3.65. The minimum absolute atomic E-state index is 0.113. The van der Waals surface area contributed by atoms with Crippen molar-refractivity contribution in [2.45, 2.75) is 18.9 Å². The van der Waals surface area contributed by atoms with Crippen molar-refractivity contribution in [1.82, 2.24) is 5.43 Å². The molecule has 0 spiro atoms. The maximum atomic E-state index is 13.6. The molecule has 1 aliphatic heterocycles. The number of hydrogen-bond acceptors (Lipinski definition) is 4. The molecule has 3 N–H and O–H groups in total. The Morgan fingerprint density at radius 1 is 1.47 bits per heavy atom. The number of para-hydroxylation sites is 1. The van der Waals surface area contributed by atoms with Crippen LogP contribution in [0.5, 0.6) is 0 Å². The molecule has 2 unspecified atom stereocenters. The normalized spacial score (nSPS) is 21.1. The van der Waals surface area contributed by atoms with E-state index in [1.807, 2.05) is 12.1 Å². The van der Waals surface area contributed by atoms with Gasteiger partial charge >= 0.3 is 0 Å². The fourth-order valence-corrected chi connectivity index (χ4v) is 2.59. The lowest BCUT2D eigenvalue weighted by atomic mass is 9.98. The molecule has 3 rings (SSSR count). The van der Waals surface area contributed by atoms with Gasteiger partial charge in [-0.15, -0.1) is 0 Å². The average Bonchev–Trinajstić information content (AvgIpc) is 3.05. The summed E-state index contributed by atoms with van der Waals surface area (Å²) in [6, 6.07) is 6.63. The Labute approximate surface area is 110 Å². The molecule has 2 aromatic rings. The van der Waals surface area contributed by atoms with Gasteiger partial charge in [-0.05, 0) is 30.9 Å². The number of hydrogen-bond donors (Lipinski definition) is 2. The maximum absolute atomic E-state index is 13.6. The second-order valence-corrected chi connectivity index (χ2v) is 4.99. The second-order valence-electron chi connectivity index (χ2n) is 4.99. The highest BCUT2D eigenvalue weighted by atomic mass is 19.1. The highest BCUT2D eigenvalue weighted by Crippen LogP contribution is 2.30. The second kappa shape index (κ2) is 5.28. The van der Waals surface area contributed by atoms with Gasteiger partial charge in [-0.25, -0.2) is 9.82 Å². The predicted octanol–water partition coefficient (Wildman–Crippen LogP) is 2.50. The fourth-order valence-electron chi connectivity index (χ4n) is 2.59. The first-order valence-corrected chi connectivity index (χ1v) is 6.49. The lowest BCUT2D eigenvalue weighted by Crippen LogP contribution is -2.29. The van der Waals surface area contributed by atoms with Crippen molar-refractivity contribution < 1.29 is 13.5 Å². The summed E-state index contributed by atoms with van der Waals surface area (Å²) in [7, 11) is 0.